The predicted octanol–water partition coefficient (Wildman–Crippen LogP) is 4.81. The summed E-state index contributed by atoms with van der Waals surface area (Å²) in [5, 5.41) is 5.95. The Morgan fingerprint density at radius 2 is 1.79 bits per heavy atom. The number of sulfonamides is 1. The van der Waals surface area contributed by atoms with Crippen LogP contribution >= 0.6 is 22.9 Å². The number of amides is 3. The van der Waals surface area contributed by atoms with Gasteiger partial charge in [0, 0.05) is 25.3 Å². The average Bonchev–Trinajstić information content (AvgIpc) is 3.37. The molecule has 0 saturated carbocycles. The molecule has 2 heterocycles. The summed E-state index contributed by atoms with van der Waals surface area (Å²) >= 11 is 6.98. The molecule has 0 spiro atoms. The third-order valence-electron chi connectivity index (χ3n) is 7.02. The molecule has 1 aromatic heterocycles. The molecular weight excluding hydrogens is 544 g/mol. The number of aryl methyl sites for hydroxylation is 2. The van der Waals surface area contributed by atoms with Gasteiger partial charge in [-0.2, -0.15) is 4.31 Å². The first-order chi connectivity index (χ1) is 18.2. The number of anilines is 1. The van der Waals surface area contributed by atoms with Crippen LogP contribution in [-0.2, 0) is 21.2 Å². The SMILES string of the molecule is Cc1ccc(NC(=O)N2CCN(S(=O)(=O)c3ccc(Cl)s3)C(C(=O)NC3CCCc4ccccc43)C2)cc1. The molecule has 1 fully saturated rings. The van der Waals surface area contributed by atoms with E-state index in [1.54, 1.807) is 12.1 Å². The first kappa shape index (κ1) is 26.7. The van der Waals surface area contributed by atoms with Gasteiger partial charge in [0.15, 0.2) is 0 Å². The fourth-order valence-corrected chi connectivity index (χ4v) is 8.20. The maximum Gasteiger partial charge on any atom is 0.321 e. The Hall–Kier alpha value is -2.92. The molecule has 5 rings (SSSR count). The molecule has 38 heavy (non-hydrogen) atoms. The number of carbonyl (C=O) groups is 2. The van der Waals surface area contributed by atoms with Crippen molar-refractivity contribution in [1.82, 2.24) is 14.5 Å². The van der Waals surface area contributed by atoms with Crippen LogP contribution in [0.15, 0.2) is 64.9 Å². The number of nitrogens with one attached hydrogen (secondary N) is 2. The van der Waals surface area contributed by atoms with E-state index in [2.05, 4.69) is 16.7 Å². The molecule has 1 aliphatic carbocycles. The zero-order chi connectivity index (χ0) is 26.9. The van der Waals surface area contributed by atoms with Crippen molar-refractivity contribution in [1.29, 1.82) is 0 Å². The highest BCUT2D eigenvalue weighted by Crippen LogP contribution is 2.32. The van der Waals surface area contributed by atoms with E-state index in [0.29, 0.717) is 10.0 Å². The average molecular weight is 573 g/mol. The van der Waals surface area contributed by atoms with Crippen LogP contribution in [-0.4, -0.2) is 55.2 Å². The molecule has 1 aliphatic heterocycles. The van der Waals surface area contributed by atoms with Crippen molar-refractivity contribution in [3.63, 3.8) is 0 Å². The molecule has 0 radical (unpaired) electrons. The number of piperazine rings is 1. The fraction of sp³-hybridized carbons (Fsp3) is 0.333. The van der Waals surface area contributed by atoms with Crippen LogP contribution in [0.3, 0.4) is 0 Å². The molecular formula is C27H29ClN4O4S2. The first-order valence-electron chi connectivity index (χ1n) is 12.5. The molecule has 0 bridgehead atoms. The minimum absolute atomic E-state index is 0.0154. The number of nitrogens with zero attached hydrogens (tertiary/aromatic N) is 2. The second-order valence-corrected chi connectivity index (χ2v) is 13.4. The van der Waals surface area contributed by atoms with Gasteiger partial charge in [-0.05, 0) is 61.6 Å². The highest BCUT2D eigenvalue weighted by molar-refractivity contribution is 7.91. The second-order valence-electron chi connectivity index (χ2n) is 9.58. The Morgan fingerprint density at radius 3 is 2.53 bits per heavy atom. The highest BCUT2D eigenvalue weighted by atomic mass is 35.5. The molecule has 2 aliphatic rings. The maximum absolute atomic E-state index is 13.7. The lowest BCUT2D eigenvalue weighted by molar-refractivity contribution is -0.127. The summed E-state index contributed by atoms with van der Waals surface area (Å²) in [6, 6.07) is 16.7. The molecule has 1 saturated heterocycles. The number of thiophene rings is 1. The number of fused-ring (bicyclic) bond motifs is 1. The van der Waals surface area contributed by atoms with Gasteiger partial charge in [0.25, 0.3) is 10.0 Å². The quantitative estimate of drug-likeness (QED) is 0.458. The van der Waals surface area contributed by atoms with E-state index in [9.17, 15) is 18.0 Å². The van der Waals surface area contributed by atoms with E-state index in [4.69, 9.17) is 11.6 Å². The largest absolute Gasteiger partial charge is 0.348 e. The summed E-state index contributed by atoms with van der Waals surface area (Å²) in [7, 11) is -4.00. The molecule has 2 atom stereocenters. The number of carbonyl (C=O) groups excluding carboxylic acids is 2. The van der Waals surface area contributed by atoms with Crippen molar-refractivity contribution in [3.05, 3.63) is 81.7 Å². The van der Waals surface area contributed by atoms with Gasteiger partial charge in [0.1, 0.15) is 10.3 Å². The van der Waals surface area contributed by atoms with Crippen molar-refractivity contribution in [2.75, 3.05) is 25.0 Å². The normalized spacial score (nSPS) is 20.0. The van der Waals surface area contributed by atoms with Crippen molar-refractivity contribution in [2.24, 2.45) is 0 Å². The summed E-state index contributed by atoms with van der Waals surface area (Å²) < 4.78 is 28.8. The van der Waals surface area contributed by atoms with E-state index in [0.717, 1.165) is 41.7 Å². The van der Waals surface area contributed by atoms with Crippen LogP contribution < -0.4 is 10.6 Å². The molecule has 200 valence electrons. The van der Waals surface area contributed by atoms with Gasteiger partial charge in [-0.15, -0.1) is 11.3 Å². The number of urea groups is 1. The number of benzene rings is 2. The zero-order valence-electron chi connectivity index (χ0n) is 20.9. The zero-order valence-corrected chi connectivity index (χ0v) is 23.3. The van der Waals surface area contributed by atoms with Crippen molar-refractivity contribution in [3.8, 4) is 0 Å². The lowest BCUT2D eigenvalue weighted by atomic mass is 9.87. The summed E-state index contributed by atoms with van der Waals surface area (Å²) in [6.07, 6.45) is 2.63. The van der Waals surface area contributed by atoms with E-state index in [1.807, 2.05) is 37.3 Å². The standard InChI is InChI=1S/C27H29ClN4O4S2/c1-18-9-11-20(12-10-18)29-27(34)31-15-16-32(38(35,36)25-14-13-24(28)37-25)23(17-31)26(33)30-22-8-4-6-19-5-2-3-7-21(19)22/h2-3,5,7,9-14,22-23H,4,6,8,15-17H2,1H3,(H,29,34)(H,30,33). The molecule has 11 heteroatoms. The van der Waals surface area contributed by atoms with Crippen LogP contribution in [0.25, 0.3) is 0 Å². The third kappa shape index (κ3) is 5.58. The van der Waals surface area contributed by atoms with Gasteiger partial charge in [0.2, 0.25) is 5.91 Å². The Morgan fingerprint density at radius 1 is 1.03 bits per heavy atom. The van der Waals surface area contributed by atoms with Gasteiger partial charge in [-0.1, -0.05) is 53.6 Å². The summed E-state index contributed by atoms with van der Waals surface area (Å²) in [4.78, 5) is 28.3. The van der Waals surface area contributed by atoms with Crippen molar-refractivity contribution >= 4 is 50.6 Å². The first-order valence-corrected chi connectivity index (χ1v) is 15.1. The second kappa shape index (κ2) is 11.1. The topological polar surface area (TPSA) is 98.8 Å². The van der Waals surface area contributed by atoms with Crippen LogP contribution in [0.1, 0.15) is 35.6 Å². The van der Waals surface area contributed by atoms with Gasteiger partial charge in [0.05, 0.1) is 10.4 Å². The lowest BCUT2D eigenvalue weighted by Gasteiger charge is -2.40. The van der Waals surface area contributed by atoms with E-state index >= 15 is 0 Å². The van der Waals surface area contributed by atoms with Crippen molar-refractivity contribution in [2.45, 2.75) is 42.5 Å². The van der Waals surface area contributed by atoms with Crippen LogP contribution in [0.4, 0.5) is 10.5 Å². The number of hydrogen-bond acceptors (Lipinski definition) is 5. The maximum atomic E-state index is 13.7. The van der Waals surface area contributed by atoms with Crippen LogP contribution in [0.5, 0.6) is 0 Å². The van der Waals surface area contributed by atoms with Crippen molar-refractivity contribution < 1.29 is 18.0 Å². The predicted molar refractivity (Wildman–Crippen MR) is 149 cm³/mol. The van der Waals surface area contributed by atoms with Gasteiger partial charge < -0.3 is 15.5 Å². The number of rotatable bonds is 5. The van der Waals surface area contributed by atoms with Gasteiger partial charge >= 0.3 is 6.03 Å². The Kier molecular flexibility index (Phi) is 7.76. The number of halogens is 1. The summed E-state index contributed by atoms with van der Waals surface area (Å²) in [5.74, 6) is -0.425. The molecule has 2 aromatic carbocycles. The smallest absolute Gasteiger partial charge is 0.321 e. The van der Waals surface area contributed by atoms with Gasteiger partial charge in [-0.3, -0.25) is 4.79 Å². The van der Waals surface area contributed by atoms with E-state index in [1.165, 1.54) is 26.9 Å². The molecule has 3 aromatic rings. The Bertz CT molecular complexity index is 1440. The van der Waals surface area contributed by atoms with Crippen LogP contribution in [0, 0.1) is 6.92 Å². The van der Waals surface area contributed by atoms with Gasteiger partial charge in [-0.25, -0.2) is 13.2 Å². The van der Waals surface area contributed by atoms with E-state index < -0.39 is 22.0 Å². The monoisotopic (exact) mass is 572 g/mol. The molecule has 3 amide bonds. The van der Waals surface area contributed by atoms with E-state index in [-0.39, 0.29) is 35.9 Å². The van der Waals surface area contributed by atoms with Crippen LogP contribution in [0.2, 0.25) is 4.34 Å². The highest BCUT2D eigenvalue weighted by Gasteiger charge is 2.42. The lowest BCUT2D eigenvalue weighted by Crippen LogP contribution is -2.62. The summed E-state index contributed by atoms with van der Waals surface area (Å²) in [5.41, 5.74) is 3.93. The Labute approximate surface area is 231 Å². The molecule has 8 nitrogen and oxygen atoms in total. The minimum Gasteiger partial charge on any atom is -0.348 e. The third-order valence-corrected chi connectivity index (χ3v) is 10.6. The Balaban J connectivity index is 1.40. The molecule has 2 unspecified atom stereocenters. The molecule has 2 N–H and O–H groups in total. The summed E-state index contributed by atoms with van der Waals surface area (Å²) in [6.45, 7) is 2.01. The minimum atomic E-state index is -4.00. The fourth-order valence-electron chi connectivity index (χ4n) is 5.02. The number of hydrogen-bond donors (Lipinski definition) is 2.